The van der Waals surface area contributed by atoms with Crippen LogP contribution in [0.2, 0.25) is 0 Å². The van der Waals surface area contributed by atoms with Crippen LogP contribution in [-0.4, -0.2) is 52.0 Å². The normalized spacial score (nSPS) is 11.8. The fourth-order valence-corrected chi connectivity index (χ4v) is 7.14. The Kier molecular flexibility index (Phi) is 15.8. The summed E-state index contributed by atoms with van der Waals surface area (Å²) in [7, 11) is -3.27. The topological polar surface area (TPSA) is 195 Å². The van der Waals surface area contributed by atoms with Crippen molar-refractivity contribution < 1.29 is 48.8 Å². The minimum Gasteiger partial charge on any atom is -0.465 e. The lowest BCUT2D eigenvalue weighted by Gasteiger charge is -2.38. The molecule has 0 aliphatic rings. The van der Waals surface area contributed by atoms with Crippen LogP contribution in [0.5, 0.6) is 34.5 Å². The molecular formula is C48H47B3N2O10. The molecule has 0 saturated carbocycles. The van der Waals surface area contributed by atoms with Gasteiger partial charge in [0.05, 0.1) is 48.6 Å². The first-order chi connectivity index (χ1) is 30.5. The number of benzene rings is 6. The third-order valence-electron chi connectivity index (χ3n) is 10.6. The highest BCUT2D eigenvalue weighted by Crippen LogP contribution is 2.30. The van der Waals surface area contributed by atoms with Crippen molar-refractivity contribution in [2.75, 3.05) is 0 Å². The van der Waals surface area contributed by atoms with Crippen LogP contribution in [0.1, 0.15) is 66.5 Å². The van der Waals surface area contributed by atoms with Crippen LogP contribution in [0.15, 0.2) is 127 Å². The number of aliphatic hydroxyl groups is 3. The average molecular weight is 844 g/mol. The molecule has 318 valence electrons. The largest absolute Gasteiger partial charge is 0.491 e. The van der Waals surface area contributed by atoms with Crippen molar-refractivity contribution in [3.8, 4) is 46.6 Å². The fourth-order valence-electron chi connectivity index (χ4n) is 7.14. The molecular weight excluding hydrogens is 797 g/mol. The Labute approximate surface area is 368 Å². The number of rotatable bonds is 20. The summed E-state index contributed by atoms with van der Waals surface area (Å²) in [6.07, 6.45) is 1.64. The van der Waals surface area contributed by atoms with E-state index in [1.165, 1.54) is 0 Å². The molecule has 0 spiro atoms. The summed E-state index contributed by atoms with van der Waals surface area (Å²) in [5.74, 6) is 2.72. The second-order valence-corrected chi connectivity index (χ2v) is 15.2. The van der Waals surface area contributed by atoms with Gasteiger partial charge < -0.3 is 48.8 Å². The number of aryl methyl sites for hydroxylation is 1. The molecule has 0 aliphatic heterocycles. The van der Waals surface area contributed by atoms with Crippen molar-refractivity contribution in [1.29, 1.82) is 10.5 Å². The Bertz CT molecular complexity index is 2550. The molecule has 15 heteroatoms. The fraction of sp³-hybridized carbons (Fsp3) is 0.208. The second-order valence-electron chi connectivity index (χ2n) is 15.2. The summed E-state index contributed by atoms with van der Waals surface area (Å²) in [6, 6.07) is 39.5. The first-order valence-electron chi connectivity index (χ1n) is 20.5. The van der Waals surface area contributed by atoms with Gasteiger partial charge in [-0.25, -0.2) is 0 Å². The van der Waals surface area contributed by atoms with Gasteiger partial charge in [0, 0.05) is 0 Å². The predicted molar refractivity (Wildman–Crippen MR) is 242 cm³/mol. The van der Waals surface area contributed by atoms with E-state index < -0.39 is 46.5 Å². The minimum absolute atomic E-state index is 0.254. The highest BCUT2D eigenvalue weighted by atomic mass is 16.6. The monoisotopic (exact) mass is 844 g/mol. The zero-order valence-corrected chi connectivity index (χ0v) is 35.3. The molecule has 5 N–H and O–H groups in total. The van der Waals surface area contributed by atoms with Crippen LogP contribution in [-0.2, 0) is 29.0 Å². The van der Waals surface area contributed by atoms with E-state index in [0.717, 1.165) is 12.0 Å². The molecule has 6 aromatic rings. The number of ether oxygens (including phenoxy) is 3. The number of unbranched alkanes of at least 4 members (excludes halogenated alkanes) is 1. The number of nitriles is 2. The quantitative estimate of drug-likeness (QED) is 0.0557. The van der Waals surface area contributed by atoms with Gasteiger partial charge >= 0.3 is 21.2 Å². The van der Waals surface area contributed by atoms with Gasteiger partial charge in [-0.15, -0.1) is 0 Å². The summed E-state index contributed by atoms with van der Waals surface area (Å²) in [5, 5.41) is 74.1. The van der Waals surface area contributed by atoms with Crippen LogP contribution in [0.4, 0.5) is 0 Å². The highest BCUT2D eigenvalue weighted by Gasteiger charge is 2.47. The van der Waals surface area contributed by atoms with Gasteiger partial charge in [0.1, 0.15) is 34.5 Å². The number of aliphatic hydroxyl groups excluding tert-OH is 3. The van der Waals surface area contributed by atoms with E-state index in [4.69, 9.17) is 28.7 Å². The molecule has 0 heterocycles. The molecule has 0 fully saturated rings. The summed E-state index contributed by atoms with van der Waals surface area (Å²) in [4.78, 5) is 0. The lowest BCUT2D eigenvalue weighted by molar-refractivity contribution is 0.118. The summed E-state index contributed by atoms with van der Waals surface area (Å²) in [6.45, 7) is 3.16. The molecule has 1 unspecified atom stereocenters. The zero-order chi connectivity index (χ0) is 44.9. The van der Waals surface area contributed by atoms with Gasteiger partial charge in [0.15, 0.2) is 0 Å². The van der Waals surface area contributed by atoms with Gasteiger partial charge in [0.25, 0.3) is 0 Å². The predicted octanol–water partition coefficient (Wildman–Crippen LogP) is 6.09. The van der Waals surface area contributed by atoms with E-state index in [-0.39, 0.29) is 10.9 Å². The van der Waals surface area contributed by atoms with Gasteiger partial charge in [0.2, 0.25) is 0 Å². The van der Waals surface area contributed by atoms with Gasteiger partial charge in [-0.1, -0.05) is 55.7 Å². The average Bonchev–Trinajstić information content (AvgIpc) is 3.31. The summed E-state index contributed by atoms with van der Waals surface area (Å²) in [5.41, 5.74) is 2.57. The maximum atomic E-state index is 12.0. The molecule has 0 radical (unpaired) electrons. The number of nitrogens with zero attached hydrogens (tertiary/aromatic N) is 2. The van der Waals surface area contributed by atoms with Crippen molar-refractivity contribution in [3.63, 3.8) is 0 Å². The van der Waals surface area contributed by atoms with Gasteiger partial charge in [-0.2, -0.15) is 10.5 Å². The van der Waals surface area contributed by atoms with Crippen LogP contribution in [0.3, 0.4) is 0 Å². The number of hydrogen-bond acceptors (Lipinski definition) is 12. The van der Waals surface area contributed by atoms with Gasteiger partial charge in [-0.05, 0) is 150 Å². The van der Waals surface area contributed by atoms with Crippen LogP contribution in [0, 0.1) is 29.6 Å². The summed E-state index contributed by atoms with van der Waals surface area (Å²) >= 11 is 0. The molecule has 63 heavy (non-hydrogen) atoms. The van der Waals surface area contributed by atoms with E-state index in [1.54, 1.807) is 110 Å². The third-order valence-corrected chi connectivity index (χ3v) is 10.6. The second kappa shape index (κ2) is 21.6. The Morgan fingerprint density at radius 2 is 0.921 bits per heavy atom. The molecule has 1 atom stereocenters. The van der Waals surface area contributed by atoms with E-state index in [0.29, 0.717) is 80.6 Å². The van der Waals surface area contributed by atoms with E-state index in [9.17, 15) is 30.6 Å². The Morgan fingerprint density at radius 1 is 0.540 bits per heavy atom. The molecule has 0 saturated heterocycles. The van der Waals surface area contributed by atoms with Crippen molar-refractivity contribution in [1.82, 2.24) is 0 Å². The number of hydrogen-bond donors (Lipinski definition) is 5. The maximum Gasteiger partial charge on any atom is 0.491 e. The standard InChI is InChI=1S/C48H47B3N2O10/c1-4-5-24-48(3,62-50(57)46-22-19-43(26-37(46)31-55)61-41-16-10-35(29-53)11-17-41)49(45-21-18-42(25-36(45)30-54)60-40-14-8-34(28-52)9-15-40)63-51(58)47-23-20-44(27-38(47)32-56)59-39-12-6-33(2)7-13-39/h6-23,25-27,54-58H,4-5,24,30-32H2,1-3H3. The lowest BCUT2D eigenvalue weighted by Crippen LogP contribution is -2.62. The third kappa shape index (κ3) is 11.8. The van der Waals surface area contributed by atoms with Gasteiger partial charge in [-0.3, -0.25) is 0 Å². The van der Waals surface area contributed by atoms with E-state index in [1.807, 2.05) is 38.1 Å². The molecule has 0 aliphatic carbocycles. The first-order valence-corrected chi connectivity index (χ1v) is 20.5. The van der Waals surface area contributed by atoms with E-state index >= 15 is 0 Å². The molecule has 6 aromatic carbocycles. The SMILES string of the molecule is CCCCC(C)(OB(O)c1ccc(Oc2ccc(C#N)cc2)cc1CO)B(OB(O)c1ccc(Oc2ccc(C)cc2)cc1CO)c1ccc(Oc2ccc(C#N)cc2)cc1CO. The zero-order valence-electron chi connectivity index (χ0n) is 35.3. The molecule has 6 rings (SSSR count). The smallest absolute Gasteiger partial charge is 0.465 e. The van der Waals surface area contributed by atoms with Crippen molar-refractivity contribution in [2.24, 2.45) is 0 Å². The highest BCUT2D eigenvalue weighted by molar-refractivity contribution is 6.80. The maximum absolute atomic E-state index is 12.0. The Morgan fingerprint density at radius 3 is 1.33 bits per heavy atom. The Balaban J connectivity index is 1.36. The molecule has 0 bridgehead atoms. The van der Waals surface area contributed by atoms with Crippen molar-refractivity contribution in [3.05, 3.63) is 161 Å². The van der Waals surface area contributed by atoms with E-state index in [2.05, 4.69) is 12.1 Å². The van der Waals surface area contributed by atoms with Crippen molar-refractivity contribution >= 4 is 37.5 Å². The molecule has 12 nitrogen and oxygen atoms in total. The van der Waals surface area contributed by atoms with Crippen LogP contribution < -0.4 is 30.6 Å². The first kappa shape index (κ1) is 46.1. The Hall–Kier alpha value is -6.39. The molecule has 0 amide bonds. The minimum atomic E-state index is -1.65. The van der Waals surface area contributed by atoms with Crippen LogP contribution >= 0.6 is 0 Å². The van der Waals surface area contributed by atoms with Crippen LogP contribution in [0.25, 0.3) is 0 Å². The molecule has 0 aromatic heterocycles. The van der Waals surface area contributed by atoms with Crippen molar-refractivity contribution in [2.45, 2.75) is 65.4 Å². The lowest BCUT2D eigenvalue weighted by atomic mass is 9.44. The summed E-state index contributed by atoms with van der Waals surface area (Å²) < 4.78 is 31.3.